The van der Waals surface area contributed by atoms with E-state index in [1.807, 2.05) is 24.3 Å². The van der Waals surface area contributed by atoms with E-state index in [0.29, 0.717) is 23.8 Å². The van der Waals surface area contributed by atoms with Gasteiger partial charge in [0, 0.05) is 24.2 Å². The van der Waals surface area contributed by atoms with Crippen LogP contribution in [0.5, 0.6) is 17.2 Å². The van der Waals surface area contributed by atoms with Crippen molar-refractivity contribution in [1.82, 2.24) is 5.32 Å². The van der Waals surface area contributed by atoms with Crippen molar-refractivity contribution in [3.05, 3.63) is 48.0 Å². The van der Waals surface area contributed by atoms with Crippen molar-refractivity contribution < 1.29 is 23.8 Å². The first kappa shape index (κ1) is 17.2. The summed E-state index contributed by atoms with van der Waals surface area (Å²) in [6.07, 6.45) is 1.93. The fourth-order valence-electron chi connectivity index (χ4n) is 2.72. The molecule has 0 spiro atoms. The summed E-state index contributed by atoms with van der Waals surface area (Å²) in [4.78, 5) is 23.9. The molecule has 7 nitrogen and oxygen atoms in total. The molecule has 2 aromatic rings. The molecule has 27 heavy (non-hydrogen) atoms. The summed E-state index contributed by atoms with van der Waals surface area (Å²) in [5, 5.41) is 5.71. The van der Waals surface area contributed by atoms with Crippen LogP contribution < -0.4 is 24.8 Å². The lowest BCUT2D eigenvalue weighted by atomic mass is 10.2. The van der Waals surface area contributed by atoms with Gasteiger partial charge in [0.05, 0.1) is 0 Å². The molecule has 2 N–H and O–H groups in total. The fourth-order valence-corrected chi connectivity index (χ4v) is 2.72. The Kier molecular flexibility index (Phi) is 4.82. The molecule has 0 unspecified atom stereocenters. The lowest BCUT2D eigenvalue weighted by Gasteiger charge is -2.10. The Balaban J connectivity index is 1.24. The third kappa shape index (κ3) is 4.49. The van der Waals surface area contributed by atoms with Crippen molar-refractivity contribution in [2.24, 2.45) is 5.92 Å². The zero-order chi connectivity index (χ0) is 18.6. The minimum absolute atomic E-state index is 0.0633. The molecule has 1 saturated carbocycles. The quantitative estimate of drug-likeness (QED) is 0.784. The monoisotopic (exact) mass is 368 g/mol. The van der Waals surface area contributed by atoms with Gasteiger partial charge in [-0.1, -0.05) is 12.1 Å². The number of carbonyl (C=O) groups excluding carboxylic acids is 2. The number of rotatable bonds is 7. The number of nitrogens with one attached hydrogen (secondary N) is 2. The van der Waals surface area contributed by atoms with Gasteiger partial charge in [-0.15, -0.1) is 0 Å². The van der Waals surface area contributed by atoms with Gasteiger partial charge < -0.3 is 24.8 Å². The molecule has 1 aliphatic carbocycles. The van der Waals surface area contributed by atoms with Crippen molar-refractivity contribution >= 4 is 17.5 Å². The molecule has 0 saturated heterocycles. The molecule has 1 fully saturated rings. The molecule has 2 aromatic carbocycles. The molecular weight excluding hydrogens is 348 g/mol. The summed E-state index contributed by atoms with van der Waals surface area (Å²) in [5.74, 6) is 1.80. The summed E-state index contributed by atoms with van der Waals surface area (Å²) >= 11 is 0. The lowest BCUT2D eigenvalue weighted by molar-refractivity contribution is -0.123. The highest BCUT2D eigenvalue weighted by atomic mass is 16.7. The van der Waals surface area contributed by atoms with Crippen LogP contribution in [0, 0.1) is 5.92 Å². The zero-order valence-corrected chi connectivity index (χ0v) is 14.7. The number of ether oxygens (including phenoxy) is 3. The van der Waals surface area contributed by atoms with Gasteiger partial charge >= 0.3 is 0 Å². The van der Waals surface area contributed by atoms with E-state index in [4.69, 9.17) is 14.2 Å². The molecule has 1 aliphatic heterocycles. The van der Waals surface area contributed by atoms with Crippen molar-refractivity contribution in [2.75, 3.05) is 18.7 Å². The molecular formula is C20H20N2O5. The summed E-state index contributed by atoms with van der Waals surface area (Å²) in [7, 11) is 0. The van der Waals surface area contributed by atoms with Crippen molar-refractivity contribution in [3.63, 3.8) is 0 Å². The standard InChI is InChI=1S/C20H20N2O5/c23-19(11-25-16-6-7-17-18(9-16)27-12-26-17)21-10-13-2-1-3-15(8-13)22-20(24)14-4-5-14/h1-3,6-9,14H,4-5,10-12H2,(H,21,23)(H,22,24). The van der Waals surface area contributed by atoms with Gasteiger partial charge in [-0.25, -0.2) is 0 Å². The van der Waals surface area contributed by atoms with Gasteiger partial charge in [-0.05, 0) is 42.7 Å². The van der Waals surface area contributed by atoms with Gasteiger partial charge in [0.15, 0.2) is 18.1 Å². The Morgan fingerprint density at radius 2 is 1.93 bits per heavy atom. The number of benzene rings is 2. The van der Waals surface area contributed by atoms with E-state index in [0.717, 1.165) is 24.1 Å². The molecule has 4 rings (SSSR count). The van der Waals surface area contributed by atoms with Crippen LogP contribution in [0.25, 0.3) is 0 Å². The van der Waals surface area contributed by atoms with Crippen LogP contribution in [0.4, 0.5) is 5.69 Å². The van der Waals surface area contributed by atoms with E-state index in [1.54, 1.807) is 18.2 Å². The summed E-state index contributed by atoms with van der Waals surface area (Å²) in [5.41, 5.74) is 1.65. The first-order valence-corrected chi connectivity index (χ1v) is 8.86. The minimum Gasteiger partial charge on any atom is -0.484 e. The number of hydrogen-bond donors (Lipinski definition) is 2. The molecule has 140 valence electrons. The second kappa shape index (κ2) is 7.57. The highest BCUT2D eigenvalue weighted by molar-refractivity contribution is 5.94. The van der Waals surface area contributed by atoms with Crippen LogP contribution in [0.15, 0.2) is 42.5 Å². The van der Waals surface area contributed by atoms with Crippen molar-refractivity contribution in [2.45, 2.75) is 19.4 Å². The maximum Gasteiger partial charge on any atom is 0.258 e. The first-order valence-electron chi connectivity index (χ1n) is 8.86. The predicted octanol–water partition coefficient (Wildman–Crippen LogP) is 2.46. The van der Waals surface area contributed by atoms with E-state index in [-0.39, 0.29) is 31.1 Å². The molecule has 0 radical (unpaired) electrons. The Bertz CT molecular complexity index is 863. The average molecular weight is 368 g/mol. The van der Waals surface area contributed by atoms with Crippen molar-refractivity contribution in [3.8, 4) is 17.2 Å². The number of anilines is 1. The molecule has 2 amide bonds. The Morgan fingerprint density at radius 1 is 1.07 bits per heavy atom. The SMILES string of the molecule is O=C(COc1ccc2c(c1)OCO2)NCc1cccc(NC(=O)C2CC2)c1. The largest absolute Gasteiger partial charge is 0.484 e. The Morgan fingerprint density at radius 3 is 2.78 bits per heavy atom. The fraction of sp³-hybridized carbons (Fsp3) is 0.300. The van der Waals surface area contributed by atoms with Crippen LogP contribution in [0.1, 0.15) is 18.4 Å². The molecule has 1 heterocycles. The van der Waals surface area contributed by atoms with E-state index in [9.17, 15) is 9.59 Å². The third-order valence-electron chi connectivity index (χ3n) is 4.35. The van der Waals surface area contributed by atoms with E-state index in [2.05, 4.69) is 10.6 Å². The minimum atomic E-state index is -0.236. The maximum absolute atomic E-state index is 12.0. The Labute approximate surface area is 156 Å². The van der Waals surface area contributed by atoms with Crippen LogP contribution in [-0.4, -0.2) is 25.2 Å². The van der Waals surface area contributed by atoms with E-state index >= 15 is 0 Å². The van der Waals surface area contributed by atoms with E-state index in [1.165, 1.54) is 0 Å². The maximum atomic E-state index is 12.0. The van der Waals surface area contributed by atoms with Crippen LogP contribution >= 0.6 is 0 Å². The second-order valence-corrected chi connectivity index (χ2v) is 6.54. The smallest absolute Gasteiger partial charge is 0.258 e. The van der Waals surface area contributed by atoms with Crippen LogP contribution in [-0.2, 0) is 16.1 Å². The normalized spacial score (nSPS) is 14.5. The topological polar surface area (TPSA) is 85.9 Å². The van der Waals surface area contributed by atoms with Crippen LogP contribution in [0.2, 0.25) is 0 Å². The number of carbonyl (C=O) groups is 2. The third-order valence-corrected chi connectivity index (χ3v) is 4.35. The number of fused-ring (bicyclic) bond motifs is 1. The highest BCUT2D eigenvalue weighted by Crippen LogP contribution is 2.35. The summed E-state index contributed by atoms with van der Waals surface area (Å²) in [6.45, 7) is 0.452. The highest BCUT2D eigenvalue weighted by Gasteiger charge is 2.29. The Hall–Kier alpha value is -3.22. The van der Waals surface area contributed by atoms with E-state index < -0.39 is 0 Å². The van der Waals surface area contributed by atoms with Gasteiger partial charge in [-0.2, -0.15) is 0 Å². The van der Waals surface area contributed by atoms with Crippen LogP contribution in [0.3, 0.4) is 0 Å². The predicted molar refractivity (Wildman–Crippen MR) is 97.7 cm³/mol. The molecule has 2 aliphatic rings. The number of amides is 2. The van der Waals surface area contributed by atoms with Gasteiger partial charge in [-0.3, -0.25) is 9.59 Å². The molecule has 7 heteroatoms. The van der Waals surface area contributed by atoms with Crippen molar-refractivity contribution in [1.29, 1.82) is 0 Å². The molecule has 0 atom stereocenters. The number of hydrogen-bond acceptors (Lipinski definition) is 5. The molecule has 0 aromatic heterocycles. The summed E-state index contributed by atoms with van der Waals surface area (Å²) < 4.78 is 16.0. The summed E-state index contributed by atoms with van der Waals surface area (Å²) in [6, 6.07) is 12.6. The van der Waals surface area contributed by atoms with Gasteiger partial charge in [0.25, 0.3) is 5.91 Å². The first-order chi connectivity index (χ1) is 13.2. The molecule has 0 bridgehead atoms. The second-order valence-electron chi connectivity index (χ2n) is 6.54. The lowest BCUT2D eigenvalue weighted by Crippen LogP contribution is -2.28. The van der Waals surface area contributed by atoms with Gasteiger partial charge in [0.1, 0.15) is 5.75 Å². The van der Waals surface area contributed by atoms with Gasteiger partial charge in [0.2, 0.25) is 12.7 Å². The zero-order valence-electron chi connectivity index (χ0n) is 14.7. The average Bonchev–Trinajstić information content (AvgIpc) is 3.43.